The quantitative estimate of drug-likeness (QED) is 0.898. The number of nitrogens with zero attached hydrogens (tertiary/aromatic N) is 3. The van der Waals surface area contributed by atoms with Crippen LogP contribution in [0.4, 0.5) is 0 Å². The van der Waals surface area contributed by atoms with Crippen LogP contribution in [0.3, 0.4) is 0 Å². The molecule has 2 heterocycles. The Kier molecular flexibility index (Phi) is 4.41. The summed E-state index contributed by atoms with van der Waals surface area (Å²) in [4.78, 5) is 35.3. The number of aromatic nitrogens is 2. The smallest absolute Gasteiger partial charge is 0.254 e. The maximum absolute atomic E-state index is 12.7. The molecule has 0 atom stereocenters. The number of benzene rings is 1. The highest BCUT2D eigenvalue weighted by atomic mass is 16.2. The topological polar surface area (TPSA) is 75.2 Å². The van der Waals surface area contributed by atoms with E-state index in [9.17, 15) is 9.59 Å². The van der Waals surface area contributed by atoms with Crippen molar-refractivity contribution in [1.82, 2.24) is 20.2 Å². The minimum atomic E-state index is -0.128. The molecule has 26 heavy (non-hydrogen) atoms. The Bertz CT molecular complexity index is 878. The first-order chi connectivity index (χ1) is 12.6. The normalized spacial score (nSPS) is 16.8. The molecule has 6 heteroatoms. The van der Waals surface area contributed by atoms with Crippen LogP contribution in [0.15, 0.2) is 24.3 Å². The molecule has 0 spiro atoms. The molecular weight excluding hydrogens is 328 g/mol. The maximum Gasteiger partial charge on any atom is 0.254 e. The lowest BCUT2D eigenvalue weighted by molar-refractivity contribution is -0.123. The third kappa shape index (κ3) is 3.19. The van der Waals surface area contributed by atoms with Crippen LogP contribution in [0.2, 0.25) is 0 Å². The minimum Gasteiger partial charge on any atom is -0.353 e. The summed E-state index contributed by atoms with van der Waals surface area (Å²) >= 11 is 0. The fourth-order valence-electron chi connectivity index (χ4n) is 3.70. The summed E-state index contributed by atoms with van der Waals surface area (Å²) in [6, 6.07) is 7.40. The van der Waals surface area contributed by atoms with Crippen molar-refractivity contribution < 1.29 is 9.59 Å². The first-order valence-corrected chi connectivity index (χ1v) is 9.14. The van der Waals surface area contributed by atoms with Gasteiger partial charge in [-0.2, -0.15) is 0 Å². The SMILES string of the molecule is Cc1nc(-c2cccc(C(=O)N3CCNC(=O)C3)c2)nc2c1CCCC2. The van der Waals surface area contributed by atoms with E-state index in [4.69, 9.17) is 4.98 Å². The molecule has 0 saturated carbocycles. The number of hydrogen-bond donors (Lipinski definition) is 1. The van der Waals surface area contributed by atoms with Gasteiger partial charge >= 0.3 is 0 Å². The van der Waals surface area contributed by atoms with Gasteiger partial charge in [-0.1, -0.05) is 12.1 Å². The number of piperazine rings is 1. The zero-order chi connectivity index (χ0) is 18.1. The Morgan fingerprint density at radius 2 is 2.04 bits per heavy atom. The van der Waals surface area contributed by atoms with Crippen molar-refractivity contribution in [3.05, 3.63) is 46.8 Å². The Balaban J connectivity index is 1.65. The average molecular weight is 350 g/mol. The van der Waals surface area contributed by atoms with E-state index < -0.39 is 0 Å². The van der Waals surface area contributed by atoms with Crippen LogP contribution in [-0.4, -0.2) is 46.3 Å². The molecule has 1 fully saturated rings. The molecule has 2 aromatic rings. The van der Waals surface area contributed by atoms with Crippen molar-refractivity contribution in [3.63, 3.8) is 0 Å². The predicted octanol–water partition coefficient (Wildman–Crippen LogP) is 1.90. The van der Waals surface area contributed by atoms with Gasteiger partial charge in [0, 0.05) is 35.6 Å². The van der Waals surface area contributed by atoms with Crippen molar-refractivity contribution in [1.29, 1.82) is 0 Å². The fraction of sp³-hybridized carbons (Fsp3) is 0.400. The summed E-state index contributed by atoms with van der Waals surface area (Å²) in [6.07, 6.45) is 4.41. The van der Waals surface area contributed by atoms with E-state index in [1.807, 2.05) is 25.1 Å². The zero-order valence-corrected chi connectivity index (χ0v) is 14.9. The van der Waals surface area contributed by atoms with Crippen LogP contribution >= 0.6 is 0 Å². The molecule has 1 aliphatic carbocycles. The Labute approximate surface area is 152 Å². The van der Waals surface area contributed by atoms with Crippen molar-refractivity contribution in [2.75, 3.05) is 19.6 Å². The Hall–Kier alpha value is -2.76. The van der Waals surface area contributed by atoms with Crippen LogP contribution < -0.4 is 5.32 Å². The van der Waals surface area contributed by atoms with Gasteiger partial charge in [0.1, 0.15) is 0 Å². The molecule has 134 valence electrons. The molecule has 4 rings (SSSR count). The van der Waals surface area contributed by atoms with E-state index in [0.29, 0.717) is 24.5 Å². The summed E-state index contributed by atoms with van der Waals surface area (Å²) in [6.45, 7) is 3.18. The first kappa shape index (κ1) is 16.7. The summed E-state index contributed by atoms with van der Waals surface area (Å²) in [5, 5.41) is 2.74. The van der Waals surface area contributed by atoms with Crippen molar-refractivity contribution in [3.8, 4) is 11.4 Å². The van der Waals surface area contributed by atoms with Crippen LogP contribution in [0.25, 0.3) is 11.4 Å². The van der Waals surface area contributed by atoms with E-state index >= 15 is 0 Å². The van der Waals surface area contributed by atoms with Gasteiger partial charge in [0.2, 0.25) is 5.91 Å². The Morgan fingerprint density at radius 3 is 2.88 bits per heavy atom. The van der Waals surface area contributed by atoms with Gasteiger partial charge in [-0.3, -0.25) is 9.59 Å². The lowest BCUT2D eigenvalue weighted by Crippen LogP contribution is -2.49. The summed E-state index contributed by atoms with van der Waals surface area (Å²) in [7, 11) is 0. The molecule has 0 bridgehead atoms. The summed E-state index contributed by atoms with van der Waals surface area (Å²) < 4.78 is 0. The molecule has 2 aliphatic rings. The summed E-state index contributed by atoms with van der Waals surface area (Å²) in [5.41, 5.74) is 4.87. The van der Waals surface area contributed by atoms with E-state index in [0.717, 1.165) is 29.8 Å². The van der Waals surface area contributed by atoms with E-state index in [1.165, 1.54) is 18.4 Å². The Morgan fingerprint density at radius 1 is 1.19 bits per heavy atom. The third-order valence-corrected chi connectivity index (χ3v) is 5.08. The minimum absolute atomic E-state index is 0.109. The number of hydrogen-bond acceptors (Lipinski definition) is 4. The second-order valence-corrected chi connectivity index (χ2v) is 6.92. The lowest BCUT2D eigenvalue weighted by atomic mass is 9.94. The first-order valence-electron chi connectivity index (χ1n) is 9.14. The van der Waals surface area contributed by atoms with Gasteiger partial charge in [0.05, 0.1) is 6.54 Å². The standard InChI is InChI=1S/C20H22N4O2/c1-13-16-7-2-3-8-17(16)23-19(22-13)14-5-4-6-15(11-14)20(26)24-10-9-21-18(25)12-24/h4-6,11H,2-3,7-10,12H2,1H3,(H,21,25). The largest absolute Gasteiger partial charge is 0.353 e. The number of carbonyl (C=O) groups excluding carboxylic acids is 2. The molecule has 2 amide bonds. The second-order valence-electron chi connectivity index (χ2n) is 6.92. The van der Waals surface area contributed by atoms with E-state index in [-0.39, 0.29) is 18.4 Å². The monoisotopic (exact) mass is 350 g/mol. The highest BCUT2D eigenvalue weighted by Gasteiger charge is 2.23. The number of carbonyl (C=O) groups is 2. The van der Waals surface area contributed by atoms with Crippen molar-refractivity contribution in [2.24, 2.45) is 0 Å². The molecule has 0 unspecified atom stereocenters. The van der Waals surface area contributed by atoms with Crippen molar-refractivity contribution >= 4 is 11.8 Å². The van der Waals surface area contributed by atoms with E-state index in [1.54, 1.807) is 11.0 Å². The van der Waals surface area contributed by atoms with Gasteiger partial charge in [-0.15, -0.1) is 0 Å². The van der Waals surface area contributed by atoms with Crippen molar-refractivity contribution in [2.45, 2.75) is 32.6 Å². The van der Waals surface area contributed by atoms with Gasteiger partial charge < -0.3 is 10.2 Å². The van der Waals surface area contributed by atoms with E-state index in [2.05, 4.69) is 10.3 Å². The molecule has 6 nitrogen and oxygen atoms in total. The molecule has 1 aliphatic heterocycles. The zero-order valence-electron chi connectivity index (χ0n) is 14.9. The molecule has 0 radical (unpaired) electrons. The van der Waals surface area contributed by atoms with Gasteiger partial charge in [0.15, 0.2) is 5.82 Å². The molecule has 1 saturated heterocycles. The van der Waals surface area contributed by atoms with Gasteiger partial charge in [-0.05, 0) is 50.3 Å². The molecule has 1 N–H and O–H groups in total. The number of amides is 2. The average Bonchev–Trinajstić information content (AvgIpc) is 2.67. The fourth-order valence-corrected chi connectivity index (χ4v) is 3.70. The number of nitrogens with one attached hydrogen (secondary N) is 1. The highest BCUT2D eigenvalue weighted by Crippen LogP contribution is 2.25. The molecular formula is C20H22N4O2. The van der Waals surface area contributed by atoms with Gasteiger partial charge in [-0.25, -0.2) is 9.97 Å². The lowest BCUT2D eigenvalue weighted by Gasteiger charge is -2.26. The van der Waals surface area contributed by atoms with Crippen LogP contribution in [0, 0.1) is 6.92 Å². The predicted molar refractivity (Wildman–Crippen MR) is 97.8 cm³/mol. The highest BCUT2D eigenvalue weighted by molar-refractivity contribution is 5.97. The number of aryl methyl sites for hydroxylation is 2. The second kappa shape index (κ2) is 6.86. The van der Waals surface area contributed by atoms with Gasteiger partial charge in [0.25, 0.3) is 5.91 Å². The maximum atomic E-state index is 12.7. The molecule has 1 aromatic heterocycles. The summed E-state index contributed by atoms with van der Waals surface area (Å²) in [5.74, 6) is 0.431. The third-order valence-electron chi connectivity index (χ3n) is 5.08. The number of rotatable bonds is 2. The van der Waals surface area contributed by atoms with Crippen LogP contribution in [-0.2, 0) is 17.6 Å². The van der Waals surface area contributed by atoms with Crippen LogP contribution in [0.5, 0.6) is 0 Å². The van der Waals surface area contributed by atoms with Crippen LogP contribution in [0.1, 0.15) is 40.2 Å². The number of fused-ring (bicyclic) bond motifs is 1. The molecule has 1 aromatic carbocycles.